The summed E-state index contributed by atoms with van der Waals surface area (Å²) in [6.45, 7) is 8.79. The van der Waals surface area contributed by atoms with Crippen LogP contribution in [0.1, 0.15) is 37.5 Å². The van der Waals surface area contributed by atoms with Crippen LogP contribution < -0.4 is 15.4 Å². The molecule has 0 aliphatic heterocycles. The lowest BCUT2D eigenvalue weighted by atomic mass is 10.1. The molecule has 3 aromatic rings. The molecule has 0 saturated carbocycles. The number of nitrogens with zero attached hydrogens (tertiary/aromatic N) is 4. The normalized spacial score (nSPS) is 11.2. The van der Waals surface area contributed by atoms with Gasteiger partial charge in [-0.1, -0.05) is 30.3 Å². The number of benzene rings is 1. The molecule has 0 aliphatic rings. The summed E-state index contributed by atoms with van der Waals surface area (Å²) < 4.78 is 7.52. The molecule has 0 bridgehead atoms. The molecule has 2 heterocycles. The second-order valence-electron chi connectivity index (χ2n) is 7.19. The van der Waals surface area contributed by atoms with Crippen LogP contribution in [-0.4, -0.2) is 33.4 Å². The van der Waals surface area contributed by atoms with Crippen molar-refractivity contribution >= 4 is 29.9 Å². The summed E-state index contributed by atoms with van der Waals surface area (Å²) >= 11 is 0. The average Bonchev–Trinajstić information content (AvgIpc) is 3.25. The third-order valence-electron chi connectivity index (χ3n) is 4.37. The molecular formula is C23H31IN6O. The lowest BCUT2D eigenvalue weighted by Crippen LogP contribution is -2.37. The van der Waals surface area contributed by atoms with E-state index < -0.39 is 0 Å². The van der Waals surface area contributed by atoms with Gasteiger partial charge >= 0.3 is 0 Å². The number of guanidine groups is 1. The van der Waals surface area contributed by atoms with E-state index in [0.29, 0.717) is 19.0 Å². The standard InChI is InChI=1S/C23H30N6O.HI/c1-4-24-23(26-15-19-10-11-22(25-14-19)30-18(2)3)27-16-20-8-5-6-9-21(20)17-29-13-7-12-28-29;/h5-14,18H,4,15-17H2,1-3H3,(H2,24,26,27);1H. The summed E-state index contributed by atoms with van der Waals surface area (Å²) in [5, 5.41) is 11.0. The van der Waals surface area contributed by atoms with Gasteiger partial charge in [-0.05, 0) is 43.5 Å². The highest BCUT2D eigenvalue weighted by molar-refractivity contribution is 14.0. The van der Waals surface area contributed by atoms with E-state index in [-0.39, 0.29) is 30.1 Å². The van der Waals surface area contributed by atoms with Crippen molar-refractivity contribution in [3.63, 3.8) is 0 Å². The van der Waals surface area contributed by atoms with E-state index >= 15 is 0 Å². The van der Waals surface area contributed by atoms with Gasteiger partial charge in [-0.15, -0.1) is 24.0 Å². The van der Waals surface area contributed by atoms with Gasteiger partial charge in [0.2, 0.25) is 5.88 Å². The smallest absolute Gasteiger partial charge is 0.213 e. The SMILES string of the molecule is CCNC(=NCc1ccc(OC(C)C)nc1)NCc1ccccc1Cn1cccn1.I. The molecule has 8 heteroatoms. The number of hydrogen-bond acceptors (Lipinski definition) is 4. The van der Waals surface area contributed by atoms with Crippen LogP contribution in [0.5, 0.6) is 5.88 Å². The van der Waals surface area contributed by atoms with Crippen molar-refractivity contribution in [2.75, 3.05) is 6.54 Å². The van der Waals surface area contributed by atoms with Gasteiger partial charge in [-0.2, -0.15) is 5.10 Å². The summed E-state index contributed by atoms with van der Waals surface area (Å²) in [4.78, 5) is 9.03. The van der Waals surface area contributed by atoms with Crippen LogP contribution >= 0.6 is 24.0 Å². The van der Waals surface area contributed by atoms with Gasteiger partial charge in [0.15, 0.2) is 5.96 Å². The molecule has 3 rings (SSSR count). The van der Waals surface area contributed by atoms with E-state index in [0.717, 1.165) is 24.6 Å². The number of nitrogens with one attached hydrogen (secondary N) is 2. The largest absolute Gasteiger partial charge is 0.475 e. The third-order valence-corrected chi connectivity index (χ3v) is 4.37. The lowest BCUT2D eigenvalue weighted by Gasteiger charge is -2.14. The number of aromatic nitrogens is 3. The van der Waals surface area contributed by atoms with E-state index in [4.69, 9.17) is 9.73 Å². The van der Waals surface area contributed by atoms with Gasteiger partial charge in [0, 0.05) is 37.7 Å². The molecule has 0 amide bonds. The first-order chi connectivity index (χ1) is 14.6. The zero-order chi connectivity index (χ0) is 21.2. The number of rotatable bonds is 9. The Hall–Kier alpha value is -2.62. The number of ether oxygens (including phenoxy) is 1. The first-order valence-electron chi connectivity index (χ1n) is 10.3. The number of halogens is 1. The van der Waals surface area contributed by atoms with E-state index in [1.165, 1.54) is 11.1 Å². The Kier molecular flexibility index (Phi) is 10.3. The summed E-state index contributed by atoms with van der Waals surface area (Å²) in [7, 11) is 0. The van der Waals surface area contributed by atoms with Crippen molar-refractivity contribution in [2.24, 2.45) is 4.99 Å². The highest BCUT2D eigenvalue weighted by Crippen LogP contribution is 2.11. The number of aliphatic imine (C=N–C) groups is 1. The molecule has 0 saturated heterocycles. The Morgan fingerprint density at radius 1 is 1.10 bits per heavy atom. The average molecular weight is 534 g/mol. The maximum Gasteiger partial charge on any atom is 0.213 e. The van der Waals surface area contributed by atoms with Crippen LogP contribution in [0.2, 0.25) is 0 Å². The topological polar surface area (TPSA) is 76.4 Å². The molecule has 0 spiro atoms. The van der Waals surface area contributed by atoms with E-state index in [2.05, 4.69) is 51.9 Å². The predicted molar refractivity (Wildman–Crippen MR) is 135 cm³/mol. The minimum absolute atomic E-state index is 0. The van der Waals surface area contributed by atoms with Crippen molar-refractivity contribution in [2.45, 2.75) is 46.5 Å². The maximum absolute atomic E-state index is 5.59. The first kappa shape index (κ1) is 24.6. The predicted octanol–water partition coefficient (Wildman–Crippen LogP) is 3.99. The molecule has 7 nitrogen and oxygen atoms in total. The molecule has 1 aromatic carbocycles. The van der Waals surface area contributed by atoms with Gasteiger partial charge in [-0.25, -0.2) is 9.98 Å². The molecule has 0 radical (unpaired) electrons. The fourth-order valence-corrected chi connectivity index (χ4v) is 2.96. The van der Waals surface area contributed by atoms with Crippen molar-refractivity contribution < 1.29 is 4.74 Å². The van der Waals surface area contributed by atoms with E-state index in [9.17, 15) is 0 Å². The zero-order valence-electron chi connectivity index (χ0n) is 18.3. The molecule has 0 aliphatic carbocycles. The Bertz CT molecular complexity index is 926. The van der Waals surface area contributed by atoms with E-state index in [1.807, 2.05) is 49.1 Å². The molecule has 2 aromatic heterocycles. The second-order valence-corrected chi connectivity index (χ2v) is 7.19. The van der Waals surface area contributed by atoms with E-state index in [1.54, 1.807) is 6.20 Å². The summed E-state index contributed by atoms with van der Waals surface area (Å²) in [6, 6.07) is 14.2. The quantitative estimate of drug-likeness (QED) is 0.247. The Morgan fingerprint density at radius 3 is 2.55 bits per heavy atom. The van der Waals surface area contributed by atoms with Crippen molar-refractivity contribution in [3.05, 3.63) is 77.7 Å². The van der Waals surface area contributed by atoms with Gasteiger partial charge in [0.25, 0.3) is 0 Å². The number of hydrogen-bond donors (Lipinski definition) is 2. The molecule has 31 heavy (non-hydrogen) atoms. The summed E-state index contributed by atoms with van der Waals surface area (Å²) in [6.07, 6.45) is 5.69. The highest BCUT2D eigenvalue weighted by atomic mass is 127. The van der Waals surface area contributed by atoms with Gasteiger partial charge in [-0.3, -0.25) is 4.68 Å². The van der Waals surface area contributed by atoms with Crippen molar-refractivity contribution in [3.8, 4) is 5.88 Å². The molecule has 2 N–H and O–H groups in total. The maximum atomic E-state index is 5.59. The van der Waals surface area contributed by atoms with Crippen LogP contribution in [-0.2, 0) is 19.6 Å². The fourth-order valence-electron chi connectivity index (χ4n) is 2.96. The van der Waals surface area contributed by atoms with Gasteiger partial charge in [0.1, 0.15) is 0 Å². The van der Waals surface area contributed by atoms with Gasteiger partial charge < -0.3 is 15.4 Å². The lowest BCUT2D eigenvalue weighted by molar-refractivity contribution is 0.232. The summed E-state index contributed by atoms with van der Waals surface area (Å²) in [5.41, 5.74) is 3.48. The summed E-state index contributed by atoms with van der Waals surface area (Å²) in [5.74, 6) is 1.41. The third kappa shape index (κ3) is 8.20. The second kappa shape index (κ2) is 12.9. The zero-order valence-corrected chi connectivity index (χ0v) is 20.6. The molecule has 166 valence electrons. The van der Waals surface area contributed by atoms with Crippen LogP contribution in [0.25, 0.3) is 0 Å². The minimum Gasteiger partial charge on any atom is -0.475 e. The van der Waals surface area contributed by atoms with Gasteiger partial charge in [0.05, 0.1) is 19.2 Å². The molecule has 0 atom stereocenters. The monoisotopic (exact) mass is 534 g/mol. The Morgan fingerprint density at radius 2 is 1.90 bits per heavy atom. The highest BCUT2D eigenvalue weighted by Gasteiger charge is 2.05. The Labute approximate surface area is 201 Å². The first-order valence-corrected chi connectivity index (χ1v) is 10.3. The molecular weight excluding hydrogens is 503 g/mol. The minimum atomic E-state index is 0. The van der Waals surface area contributed by atoms with Crippen LogP contribution in [0.15, 0.2) is 66.0 Å². The van der Waals surface area contributed by atoms with Crippen molar-refractivity contribution in [1.82, 2.24) is 25.4 Å². The van der Waals surface area contributed by atoms with Crippen molar-refractivity contribution in [1.29, 1.82) is 0 Å². The Balaban J connectivity index is 0.00000341. The fraction of sp³-hybridized carbons (Fsp3) is 0.348. The molecule has 0 unspecified atom stereocenters. The molecule has 0 fully saturated rings. The van der Waals surface area contributed by atoms with Crippen LogP contribution in [0.3, 0.4) is 0 Å². The van der Waals surface area contributed by atoms with Crippen LogP contribution in [0, 0.1) is 0 Å². The van der Waals surface area contributed by atoms with Crippen LogP contribution in [0.4, 0.5) is 0 Å². The number of pyridine rings is 1.